The van der Waals surface area contributed by atoms with Crippen molar-refractivity contribution in [1.82, 2.24) is 9.88 Å². The molecular weight excluding hydrogens is 300 g/mol. The summed E-state index contributed by atoms with van der Waals surface area (Å²) in [4.78, 5) is 18.7. The maximum atomic E-state index is 12.5. The molecule has 0 unspecified atom stereocenters. The Morgan fingerprint density at radius 2 is 2.23 bits per heavy atom. The average Bonchev–Trinajstić information content (AvgIpc) is 3.23. The van der Waals surface area contributed by atoms with Crippen molar-refractivity contribution in [2.75, 3.05) is 20.3 Å². The van der Waals surface area contributed by atoms with Crippen LogP contribution in [0.3, 0.4) is 0 Å². The number of aliphatic hydroxyl groups is 1. The number of likely N-dealkylation sites (tertiary alicyclic amines) is 1. The molecule has 1 aromatic heterocycles. The minimum atomic E-state index is -0.0902. The summed E-state index contributed by atoms with van der Waals surface area (Å²) in [6.07, 6.45) is 1.80. The van der Waals surface area contributed by atoms with Gasteiger partial charge in [-0.25, -0.2) is 4.98 Å². The first-order valence-corrected chi connectivity index (χ1v) is 8.12. The summed E-state index contributed by atoms with van der Waals surface area (Å²) in [5, 5.41) is 11.9. The van der Waals surface area contributed by atoms with E-state index >= 15 is 0 Å². The fraction of sp³-hybridized carbons (Fsp3) is 0.375. The number of hydrogen-bond acceptors (Lipinski definition) is 5. The molecule has 0 spiro atoms. The Morgan fingerprint density at radius 1 is 1.45 bits per heavy atom. The molecule has 0 aliphatic carbocycles. The van der Waals surface area contributed by atoms with E-state index in [-0.39, 0.29) is 18.6 Å². The van der Waals surface area contributed by atoms with E-state index in [1.807, 2.05) is 24.3 Å². The lowest BCUT2D eigenvalue weighted by Gasteiger charge is -2.21. The van der Waals surface area contributed by atoms with Crippen LogP contribution < -0.4 is 4.74 Å². The Bertz CT molecular complexity index is 654. The van der Waals surface area contributed by atoms with Crippen molar-refractivity contribution in [3.8, 4) is 16.3 Å². The first-order chi connectivity index (χ1) is 10.7. The van der Waals surface area contributed by atoms with Gasteiger partial charge in [0.05, 0.1) is 19.8 Å². The van der Waals surface area contributed by atoms with Gasteiger partial charge in [-0.1, -0.05) is 0 Å². The Labute approximate surface area is 133 Å². The zero-order valence-electron chi connectivity index (χ0n) is 12.4. The van der Waals surface area contributed by atoms with Gasteiger partial charge in [-0.15, -0.1) is 11.3 Å². The third-order valence-electron chi connectivity index (χ3n) is 3.91. The van der Waals surface area contributed by atoms with Gasteiger partial charge in [0.1, 0.15) is 16.5 Å². The van der Waals surface area contributed by atoms with Crippen LogP contribution in [0.2, 0.25) is 0 Å². The zero-order valence-corrected chi connectivity index (χ0v) is 13.2. The number of nitrogens with zero attached hydrogens (tertiary/aromatic N) is 2. The number of rotatable bonds is 4. The number of carbonyl (C=O) groups excluding carboxylic acids is 1. The largest absolute Gasteiger partial charge is 0.497 e. The van der Waals surface area contributed by atoms with E-state index in [1.165, 1.54) is 11.3 Å². The topological polar surface area (TPSA) is 62.7 Å². The molecule has 1 atom stereocenters. The number of amides is 1. The lowest BCUT2D eigenvalue weighted by atomic mass is 10.2. The summed E-state index contributed by atoms with van der Waals surface area (Å²) in [6, 6.07) is 7.54. The second kappa shape index (κ2) is 6.46. The normalized spacial score (nSPS) is 17.7. The van der Waals surface area contributed by atoms with Gasteiger partial charge < -0.3 is 14.7 Å². The predicted molar refractivity (Wildman–Crippen MR) is 85.2 cm³/mol. The van der Waals surface area contributed by atoms with Gasteiger partial charge in [0.15, 0.2) is 0 Å². The molecular formula is C16H18N2O3S. The number of aromatic nitrogens is 1. The number of benzene rings is 1. The SMILES string of the molecule is COc1ccc(-c2nc(C(=O)N3CCC[C@@H]3CO)cs2)cc1. The highest BCUT2D eigenvalue weighted by atomic mass is 32.1. The quantitative estimate of drug-likeness (QED) is 0.940. The second-order valence-corrected chi connectivity index (χ2v) is 6.10. The molecule has 0 radical (unpaired) electrons. The molecule has 1 amide bonds. The molecule has 116 valence electrons. The second-order valence-electron chi connectivity index (χ2n) is 5.24. The molecule has 1 aliphatic heterocycles. The minimum Gasteiger partial charge on any atom is -0.497 e. The van der Waals surface area contributed by atoms with Crippen molar-refractivity contribution in [2.24, 2.45) is 0 Å². The lowest BCUT2D eigenvalue weighted by Crippen LogP contribution is -2.37. The van der Waals surface area contributed by atoms with Gasteiger partial charge in [-0.2, -0.15) is 0 Å². The summed E-state index contributed by atoms with van der Waals surface area (Å²) in [7, 11) is 1.63. The number of aliphatic hydroxyl groups excluding tert-OH is 1. The van der Waals surface area contributed by atoms with Gasteiger partial charge in [0.25, 0.3) is 5.91 Å². The molecule has 0 saturated carbocycles. The first-order valence-electron chi connectivity index (χ1n) is 7.24. The Hall–Kier alpha value is -1.92. The van der Waals surface area contributed by atoms with Crippen LogP contribution in [-0.2, 0) is 0 Å². The van der Waals surface area contributed by atoms with Gasteiger partial charge in [0, 0.05) is 17.5 Å². The number of ether oxygens (including phenoxy) is 1. The van der Waals surface area contributed by atoms with E-state index in [0.717, 1.165) is 29.2 Å². The smallest absolute Gasteiger partial charge is 0.273 e. The Kier molecular flexibility index (Phi) is 4.40. The van der Waals surface area contributed by atoms with Crippen molar-refractivity contribution in [3.63, 3.8) is 0 Å². The maximum absolute atomic E-state index is 12.5. The van der Waals surface area contributed by atoms with Crippen molar-refractivity contribution in [3.05, 3.63) is 35.3 Å². The minimum absolute atomic E-state index is 0.0151. The molecule has 2 aromatic rings. The highest BCUT2D eigenvalue weighted by Crippen LogP contribution is 2.27. The van der Waals surface area contributed by atoms with Crippen LogP contribution in [-0.4, -0.2) is 47.2 Å². The van der Waals surface area contributed by atoms with E-state index < -0.39 is 0 Å². The third-order valence-corrected chi connectivity index (χ3v) is 4.80. The molecule has 1 aromatic carbocycles. The molecule has 2 heterocycles. The van der Waals surface area contributed by atoms with Crippen molar-refractivity contribution >= 4 is 17.2 Å². The zero-order chi connectivity index (χ0) is 15.5. The predicted octanol–water partition coefficient (Wildman–Crippen LogP) is 2.42. The van der Waals surface area contributed by atoms with Crippen LogP contribution in [0.1, 0.15) is 23.3 Å². The van der Waals surface area contributed by atoms with E-state index in [9.17, 15) is 9.90 Å². The molecule has 1 N–H and O–H groups in total. The molecule has 22 heavy (non-hydrogen) atoms. The first kappa shape index (κ1) is 15.0. The van der Waals surface area contributed by atoms with Crippen molar-refractivity contribution in [2.45, 2.75) is 18.9 Å². The summed E-state index contributed by atoms with van der Waals surface area (Å²) in [6.45, 7) is 0.709. The lowest BCUT2D eigenvalue weighted by molar-refractivity contribution is 0.0672. The Morgan fingerprint density at radius 3 is 2.91 bits per heavy atom. The summed E-state index contributed by atoms with van der Waals surface area (Å²) in [5.41, 5.74) is 1.42. The highest BCUT2D eigenvalue weighted by molar-refractivity contribution is 7.13. The third kappa shape index (κ3) is 2.84. The fourth-order valence-electron chi connectivity index (χ4n) is 2.68. The molecule has 3 rings (SSSR count). The highest BCUT2D eigenvalue weighted by Gasteiger charge is 2.30. The van der Waals surface area contributed by atoms with Gasteiger partial charge in [0.2, 0.25) is 0 Å². The Balaban J connectivity index is 1.79. The van der Waals surface area contributed by atoms with Crippen molar-refractivity contribution < 1.29 is 14.6 Å². The number of methoxy groups -OCH3 is 1. The average molecular weight is 318 g/mol. The van der Waals surface area contributed by atoms with E-state index in [2.05, 4.69) is 4.98 Å². The molecule has 1 saturated heterocycles. The van der Waals surface area contributed by atoms with Crippen LogP contribution in [0.4, 0.5) is 0 Å². The standard InChI is InChI=1S/C16H18N2O3S/c1-21-13-6-4-11(5-7-13)15-17-14(10-22-15)16(20)18-8-2-3-12(18)9-19/h4-7,10,12,19H,2-3,8-9H2,1H3/t12-/m1/s1. The van der Waals surface area contributed by atoms with Gasteiger partial charge in [-0.3, -0.25) is 4.79 Å². The van der Waals surface area contributed by atoms with E-state index in [0.29, 0.717) is 12.2 Å². The number of thiazole rings is 1. The number of carbonyl (C=O) groups is 1. The molecule has 0 bridgehead atoms. The van der Waals surface area contributed by atoms with Crippen LogP contribution >= 0.6 is 11.3 Å². The molecule has 5 nitrogen and oxygen atoms in total. The van der Waals surface area contributed by atoms with Crippen LogP contribution in [0.25, 0.3) is 10.6 Å². The summed E-state index contributed by atoms with van der Waals surface area (Å²) < 4.78 is 5.14. The molecule has 6 heteroatoms. The van der Waals surface area contributed by atoms with Crippen LogP contribution in [0, 0.1) is 0 Å². The van der Waals surface area contributed by atoms with Gasteiger partial charge >= 0.3 is 0 Å². The van der Waals surface area contributed by atoms with Crippen LogP contribution in [0.5, 0.6) is 5.75 Å². The molecule has 1 fully saturated rings. The van der Waals surface area contributed by atoms with E-state index in [4.69, 9.17) is 4.74 Å². The fourth-order valence-corrected chi connectivity index (χ4v) is 3.48. The summed E-state index contributed by atoms with van der Waals surface area (Å²) in [5.74, 6) is 0.701. The van der Waals surface area contributed by atoms with Gasteiger partial charge in [-0.05, 0) is 37.1 Å². The maximum Gasteiger partial charge on any atom is 0.273 e. The van der Waals surface area contributed by atoms with Crippen LogP contribution in [0.15, 0.2) is 29.6 Å². The number of hydrogen-bond donors (Lipinski definition) is 1. The van der Waals surface area contributed by atoms with E-state index in [1.54, 1.807) is 17.4 Å². The summed E-state index contributed by atoms with van der Waals surface area (Å²) >= 11 is 1.45. The molecule has 1 aliphatic rings. The monoisotopic (exact) mass is 318 g/mol. The van der Waals surface area contributed by atoms with Crippen molar-refractivity contribution in [1.29, 1.82) is 0 Å².